The lowest BCUT2D eigenvalue weighted by molar-refractivity contribution is 0.0753. The van der Waals surface area contributed by atoms with Crippen LogP contribution < -0.4 is 5.73 Å². The molecule has 0 radical (unpaired) electrons. The Balaban J connectivity index is 1.74. The Morgan fingerprint density at radius 3 is 2.59 bits per heavy atom. The molecule has 17 heavy (non-hydrogen) atoms. The minimum absolute atomic E-state index is 0.676. The van der Waals surface area contributed by atoms with E-state index in [0.717, 1.165) is 17.6 Å². The Hall–Kier alpha value is -0.380. The topological polar surface area (TPSA) is 35.2 Å². The van der Waals surface area contributed by atoms with E-state index < -0.39 is 0 Å². The van der Waals surface area contributed by atoms with Gasteiger partial charge in [-0.3, -0.25) is 0 Å². The summed E-state index contributed by atoms with van der Waals surface area (Å²) in [6, 6.07) is 8.30. The van der Waals surface area contributed by atoms with Crippen molar-refractivity contribution in [3.8, 4) is 0 Å². The molecule has 0 heterocycles. The number of nitrogens with two attached hydrogens (primary N) is 1. The number of benzene rings is 1. The van der Waals surface area contributed by atoms with Crippen LogP contribution in [0.15, 0.2) is 28.7 Å². The van der Waals surface area contributed by atoms with Crippen molar-refractivity contribution < 1.29 is 4.74 Å². The molecule has 3 heteroatoms. The molecule has 0 spiro atoms. The van der Waals surface area contributed by atoms with Crippen molar-refractivity contribution in [1.82, 2.24) is 0 Å². The quantitative estimate of drug-likeness (QED) is 0.905. The van der Waals surface area contributed by atoms with Gasteiger partial charge in [0.2, 0.25) is 0 Å². The Morgan fingerprint density at radius 2 is 1.88 bits per heavy atom. The molecule has 0 aromatic heterocycles. The maximum absolute atomic E-state index is 5.80. The highest BCUT2D eigenvalue weighted by Crippen LogP contribution is 2.31. The number of hydrogen-bond acceptors (Lipinski definition) is 2. The third-order valence-electron chi connectivity index (χ3n) is 3.63. The van der Waals surface area contributed by atoms with Crippen molar-refractivity contribution in [2.75, 3.05) is 13.2 Å². The van der Waals surface area contributed by atoms with Crippen molar-refractivity contribution in [3.63, 3.8) is 0 Å². The highest BCUT2D eigenvalue weighted by atomic mass is 79.9. The fourth-order valence-electron chi connectivity index (χ4n) is 2.55. The Labute approximate surface area is 112 Å². The molecule has 0 saturated heterocycles. The average Bonchev–Trinajstić information content (AvgIpc) is 2.79. The van der Waals surface area contributed by atoms with Crippen LogP contribution >= 0.6 is 15.9 Å². The van der Waals surface area contributed by atoms with Gasteiger partial charge >= 0.3 is 0 Å². The van der Waals surface area contributed by atoms with Crippen LogP contribution in [0.4, 0.5) is 0 Å². The van der Waals surface area contributed by atoms with E-state index in [9.17, 15) is 0 Å². The molecule has 0 aliphatic heterocycles. The van der Waals surface area contributed by atoms with E-state index in [0.29, 0.717) is 18.4 Å². The van der Waals surface area contributed by atoms with E-state index in [-0.39, 0.29) is 0 Å². The maximum atomic E-state index is 5.80. The van der Waals surface area contributed by atoms with E-state index in [1.807, 2.05) is 0 Å². The molecule has 1 aromatic rings. The van der Waals surface area contributed by atoms with Gasteiger partial charge in [0.15, 0.2) is 0 Å². The monoisotopic (exact) mass is 297 g/mol. The second-order valence-corrected chi connectivity index (χ2v) is 5.74. The molecule has 2 rings (SSSR count). The fourth-order valence-corrected chi connectivity index (χ4v) is 2.82. The molecular weight excluding hydrogens is 278 g/mol. The first-order chi connectivity index (χ1) is 8.29. The predicted octanol–water partition coefficient (Wildman–Crippen LogP) is 3.34. The van der Waals surface area contributed by atoms with Gasteiger partial charge in [-0.05, 0) is 48.9 Å². The lowest BCUT2D eigenvalue weighted by atomic mass is 9.97. The van der Waals surface area contributed by atoms with Crippen LogP contribution in [0.3, 0.4) is 0 Å². The number of hydrogen-bond donors (Lipinski definition) is 1. The van der Waals surface area contributed by atoms with Crippen LogP contribution in [0.25, 0.3) is 0 Å². The molecule has 1 aliphatic carbocycles. The Kier molecular flexibility index (Phi) is 5.01. The fraction of sp³-hybridized carbons (Fsp3) is 0.571. The minimum atomic E-state index is 0.676. The zero-order valence-corrected chi connectivity index (χ0v) is 11.7. The van der Waals surface area contributed by atoms with Gasteiger partial charge in [-0.25, -0.2) is 0 Å². The molecule has 1 saturated carbocycles. The number of halogens is 1. The first-order valence-electron chi connectivity index (χ1n) is 6.32. The number of rotatable bonds is 5. The first kappa shape index (κ1) is 13.1. The molecule has 1 aliphatic rings. The SMILES string of the molecule is NCC1CCCC1COCc1ccc(Br)cc1. The van der Waals surface area contributed by atoms with Gasteiger partial charge in [0, 0.05) is 4.47 Å². The van der Waals surface area contributed by atoms with Crippen molar-refractivity contribution in [2.24, 2.45) is 17.6 Å². The van der Waals surface area contributed by atoms with Gasteiger partial charge in [-0.2, -0.15) is 0 Å². The van der Waals surface area contributed by atoms with E-state index in [1.54, 1.807) is 0 Å². The summed E-state index contributed by atoms with van der Waals surface area (Å²) >= 11 is 3.43. The molecule has 94 valence electrons. The lowest BCUT2D eigenvalue weighted by Gasteiger charge is -2.17. The average molecular weight is 298 g/mol. The summed E-state index contributed by atoms with van der Waals surface area (Å²) in [4.78, 5) is 0. The van der Waals surface area contributed by atoms with Gasteiger partial charge in [-0.15, -0.1) is 0 Å². The normalized spacial score (nSPS) is 24.1. The molecule has 0 amide bonds. The summed E-state index contributed by atoms with van der Waals surface area (Å²) in [5, 5.41) is 0. The highest BCUT2D eigenvalue weighted by molar-refractivity contribution is 9.10. The molecule has 2 atom stereocenters. The van der Waals surface area contributed by atoms with E-state index >= 15 is 0 Å². The summed E-state index contributed by atoms with van der Waals surface area (Å²) < 4.78 is 6.92. The van der Waals surface area contributed by atoms with Crippen LogP contribution in [0.1, 0.15) is 24.8 Å². The van der Waals surface area contributed by atoms with Crippen LogP contribution in [-0.4, -0.2) is 13.2 Å². The van der Waals surface area contributed by atoms with Crippen molar-refractivity contribution >= 4 is 15.9 Å². The van der Waals surface area contributed by atoms with Crippen molar-refractivity contribution in [3.05, 3.63) is 34.3 Å². The van der Waals surface area contributed by atoms with Gasteiger partial charge in [-0.1, -0.05) is 34.5 Å². The van der Waals surface area contributed by atoms with Crippen LogP contribution in [0, 0.1) is 11.8 Å². The van der Waals surface area contributed by atoms with Gasteiger partial charge in [0.25, 0.3) is 0 Å². The van der Waals surface area contributed by atoms with Crippen LogP contribution in [0.5, 0.6) is 0 Å². The molecule has 2 unspecified atom stereocenters. The van der Waals surface area contributed by atoms with Gasteiger partial charge in [0.1, 0.15) is 0 Å². The zero-order valence-electron chi connectivity index (χ0n) is 10.1. The number of ether oxygens (including phenoxy) is 1. The minimum Gasteiger partial charge on any atom is -0.376 e. The second kappa shape index (κ2) is 6.53. The summed E-state index contributed by atoms with van der Waals surface area (Å²) in [6.07, 6.45) is 3.87. The summed E-state index contributed by atoms with van der Waals surface area (Å²) in [7, 11) is 0. The van der Waals surface area contributed by atoms with Crippen molar-refractivity contribution in [1.29, 1.82) is 0 Å². The molecule has 1 fully saturated rings. The molecule has 1 aromatic carbocycles. The third kappa shape index (κ3) is 3.80. The second-order valence-electron chi connectivity index (χ2n) is 4.83. The first-order valence-corrected chi connectivity index (χ1v) is 7.11. The smallest absolute Gasteiger partial charge is 0.0717 e. The zero-order chi connectivity index (χ0) is 12.1. The third-order valence-corrected chi connectivity index (χ3v) is 4.16. The van der Waals surface area contributed by atoms with Crippen LogP contribution in [0.2, 0.25) is 0 Å². The lowest BCUT2D eigenvalue weighted by Crippen LogP contribution is -2.22. The summed E-state index contributed by atoms with van der Waals surface area (Å²) in [5.74, 6) is 1.36. The van der Waals surface area contributed by atoms with Gasteiger partial charge in [0.05, 0.1) is 13.2 Å². The van der Waals surface area contributed by atoms with E-state index in [2.05, 4.69) is 40.2 Å². The highest BCUT2D eigenvalue weighted by Gasteiger charge is 2.25. The van der Waals surface area contributed by atoms with Gasteiger partial charge < -0.3 is 10.5 Å². The summed E-state index contributed by atoms with van der Waals surface area (Å²) in [5.41, 5.74) is 6.99. The standard InChI is InChI=1S/C14H20BrNO/c15-14-6-4-11(5-7-14)9-17-10-13-3-1-2-12(13)8-16/h4-7,12-13H,1-3,8-10,16H2. The Bertz CT molecular complexity index is 339. The maximum Gasteiger partial charge on any atom is 0.0717 e. The molecule has 2 nitrogen and oxygen atoms in total. The molecule has 2 N–H and O–H groups in total. The molecular formula is C14H20BrNO. The molecule has 0 bridgehead atoms. The van der Waals surface area contributed by atoms with Crippen LogP contribution in [-0.2, 0) is 11.3 Å². The van der Waals surface area contributed by atoms with E-state index in [4.69, 9.17) is 10.5 Å². The largest absolute Gasteiger partial charge is 0.376 e. The Morgan fingerprint density at radius 1 is 1.18 bits per heavy atom. The van der Waals surface area contributed by atoms with Crippen molar-refractivity contribution in [2.45, 2.75) is 25.9 Å². The predicted molar refractivity (Wildman–Crippen MR) is 73.7 cm³/mol. The summed E-state index contributed by atoms with van der Waals surface area (Å²) in [6.45, 7) is 2.38. The van der Waals surface area contributed by atoms with E-state index in [1.165, 1.54) is 24.8 Å².